The Kier molecular flexibility index (Phi) is 2.03. The lowest BCUT2D eigenvalue weighted by Gasteiger charge is -2.15. The van der Waals surface area contributed by atoms with E-state index in [1.54, 1.807) is 0 Å². The number of hydrogen-bond acceptors (Lipinski definition) is 3. The average molecular weight is 205 g/mol. The molecule has 0 spiro atoms. The minimum atomic E-state index is -0.0347. The van der Waals surface area contributed by atoms with Crippen LogP contribution in [0.4, 0.5) is 0 Å². The SMILES string of the molecule is CC(C)(CBr)c1nn[nH]n1. The molecular formula is C5H9BrN4. The number of aromatic amines is 1. The molecule has 0 saturated heterocycles. The van der Waals surface area contributed by atoms with Gasteiger partial charge in [-0.05, 0) is 0 Å². The predicted molar refractivity (Wildman–Crippen MR) is 41.0 cm³/mol. The molecule has 1 aromatic rings. The van der Waals surface area contributed by atoms with Gasteiger partial charge in [0, 0.05) is 10.7 Å². The molecule has 5 heteroatoms. The van der Waals surface area contributed by atoms with Crippen molar-refractivity contribution in [3.63, 3.8) is 0 Å². The number of rotatable bonds is 2. The molecule has 0 fully saturated rings. The number of halogens is 1. The van der Waals surface area contributed by atoms with Gasteiger partial charge in [-0.2, -0.15) is 5.21 Å². The second kappa shape index (κ2) is 2.65. The molecule has 0 aromatic carbocycles. The van der Waals surface area contributed by atoms with Crippen molar-refractivity contribution in [2.24, 2.45) is 0 Å². The van der Waals surface area contributed by atoms with Gasteiger partial charge in [-0.3, -0.25) is 0 Å². The summed E-state index contributed by atoms with van der Waals surface area (Å²) >= 11 is 3.37. The minimum Gasteiger partial charge on any atom is -0.177 e. The molecule has 0 saturated carbocycles. The maximum absolute atomic E-state index is 3.88. The van der Waals surface area contributed by atoms with Crippen LogP contribution in [0.15, 0.2) is 0 Å². The fourth-order valence-corrected chi connectivity index (χ4v) is 0.759. The lowest BCUT2D eigenvalue weighted by molar-refractivity contribution is 0.561. The van der Waals surface area contributed by atoms with Crippen LogP contribution in [0, 0.1) is 0 Å². The number of hydrogen-bond donors (Lipinski definition) is 1. The average Bonchev–Trinajstić information content (AvgIpc) is 2.38. The Bertz CT molecular complexity index is 193. The van der Waals surface area contributed by atoms with E-state index in [0.29, 0.717) is 0 Å². The Morgan fingerprint density at radius 3 is 2.70 bits per heavy atom. The summed E-state index contributed by atoms with van der Waals surface area (Å²) in [5, 5.41) is 14.5. The van der Waals surface area contributed by atoms with E-state index < -0.39 is 0 Å². The minimum absolute atomic E-state index is 0.0347. The second-order valence-corrected chi connectivity index (χ2v) is 3.31. The van der Waals surface area contributed by atoms with Crippen molar-refractivity contribution < 1.29 is 0 Å². The van der Waals surface area contributed by atoms with Crippen LogP contribution in [-0.4, -0.2) is 26.0 Å². The maximum Gasteiger partial charge on any atom is 0.180 e. The molecular weight excluding hydrogens is 196 g/mol. The molecule has 0 unspecified atom stereocenters. The lowest BCUT2D eigenvalue weighted by atomic mass is 9.96. The fourth-order valence-electron chi connectivity index (χ4n) is 0.508. The van der Waals surface area contributed by atoms with Crippen LogP contribution < -0.4 is 0 Å². The van der Waals surface area contributed by atoms with Crippen LogP contribution in [0.2, 0.25) is 0 Å². The van der Waals surface area contributed by atoms with E-state index in [4.69, 9.17) is 0 Å². The topological polar surface area (TPSA) is 54.5 Å². The second-order valence-electron chi connectivity index (χ2n) is 2.75. The van der Waals surface area contributed by atoms with E-state index in [1.807, 2.05) is 13.8 Å². The van der Waals surface area contributed by atoms with E-state index in [0.717, 1.165) is 11.2 Å². The van der Waals surface area contributed by atoms with Crippen molar-refractivity contribution in [2.45, 2.75) is 19.3 Å². The van der Waals surface area contributed by atoms with Gasteiger partial charge in [0.15, 0.2) is 5.82 Å². The van der Waals surface area contributed by atoms with E-state index >= 15 is 0 Å². The summed E-state index contributed by atoms with van der Waals surface area (Å²) in [5.41, 5.74) is -0.0347. The Labute approximate surface area is 67.5 Å². The van der Waals surface area contributed by atoms with Gasteiger partial charge in [-0.15, -0.1) is 10.2 Å². The number of alkyl halides is 1. The summed E-state index contributed by atoms with van der Waals surface area (Å²) in [5.74, 6) is 0.740. The molecule has 0 radical (unpaired) electrons. The van der Waals surface area contributed by atoms with Gasteiger partial charge in [0.2, 0.25) is 0 Å². The quantitative estimate of drug-likeness (QED) is 0.729. The third kappa shape index (κ3) is 1.34. The van der Waals surface area contributed by atoms with Crippen molar-refractivity contribution >= 4 is 15.9 Å². The molecule has 1 aromatic heterocycles. The monoisotopic (exact) mass is 204 g/mol. The van der Waals surface area contributed by atoms with Crippen molar-refractivity contribution in [1.82, 2.24) is 20.6 Å². The number of tetrazole rings is 1. The molecule has 0 aliphatic rings. The van der Waals surface area contributed by atoms with Gasteiger partial charge >= 0.3 is 0 Å². The summed E-state index contributed by atoms with van der Waals surface area (Å²) in [7, 11) is 0. The zero-order chi connectivity index (χ0) is 7.61. The van der Waals surface area contributed by atoms with Gasteiger partial charge in [0.05, 0.1) is 0 Å². The molecule has 0 atom stereocenters. The molecule has 4 nitrogen and oxygen atoms in total. The summed E-state index contributed by atoms with van der Waals surface area (Å²) in [6.07, 6.45) is 0. The molecule has 0 bridgehead atoms. The number of nitrogens with zero attached hydrogens (tertiary/aromatic N) is 3. The van der Waals surface area contributed by atoms with E-state index in [-0.39, 0.29) is 5.41 Å². The van der Waals surface area contributed by atoms with Crippen LogP contribution in [0.25, 0.3) is 0 Å². The number of aromatic nitrogens is 4. The number of H-pyrrole nitrogens is 1. The first kappa shape index (κ1) is 7.65. The lowest BCUT2D eigenvalue weighted by Crippen LogP contribution is -2.20. The zero-order valence-electron chi connectivity index (χ0n) is 5.93. The van der Waals surface area contributed by atoms with Crippen LogP contribution >= 0.6 is 15.9 Å². The smallest absolute Gasteiger partial charge is 0.177 e. The maximum atomic E-state index is 3.88. The third-order valence-electron chi connectivity index (χ3n) is 1.28. The third-order valence-corrected chi connectivity index (χ3v) is 2.69. The molecule has 1 rings (SSSR count). The highest BCUT2D eigenvalue weighted by Gasteiger charge is 2.23. The molecule has 56 valence electrons. The van der Waals surface area contributed by atoms with Gasteiger partial charge in [-0.25, -0.2) is 0 Å². The van der Waals surface area contributed by atoms with Crippen molar-refractivity contribution in [2.75, 3.05) is 5.33 Å². The Morgan fingerprint density at radius 1 is 1.60 bits per heavy atom. The largest absolute Gasteiger partial charge is 0.180 e. The van der Waals surface area contributed by atoms with Crippen molar-refractivity contribution in [3.05, 3.63) is 5.82 Å². The van der Waals surface area contributed by atoms with Crippen LogP contribution in [0.3, 0.4) is 0 Å². The first-order chi connectivity index (χ1) is 4.67. The highest BCUT2D eigenvalue weighted by Crippen LogP contribution is 2.19. The highest BCUT2D eigenvalue weighted by atomic mass is 79.9. The Hall–Kier alpha value is -0.450. The van der Waals surface area contributed by atoms with Crippen LogP contribution in [0.5, 0.6) is 0 Å². The van der Waals surface area contributed by atoms with Gasteiger partial charge in [0.25, 0.3) is 0 Å². The van der Waals surface area contributed by atoms with Crippen LogP contribution in [0.1, 0.15) is 19.7 Å². The highest BCUT2D eigenvalue weighted by molar-refractivity contribution is 9.09. The van der Waals surface area contributed by atoms with E-state index in [1.165, 1.54) is 0 Å². The fraction of sp³-hybridized carbons (Fsp3) is 0.800. The molecule has 0 aliphatic heterocycles. The molecule has 1 N–H and O–H groups in total. The zero-order valence-corrected chi connectivity index (χ0v) is 7.51. The molecule has 0 aliphatic carbocycles. The first-order valence-electron chi connectivity index (χ1n) is 2.97. The van der Waals surface area contributed by atoms with Crippen molar-refractivity contribution in [3.8, 4) is 0 Å². The predicted octanol–water partition coefficient (Wildman–Crippen LogP) is 0.872. The van der Waals surface area contributed by atoms with E-state index in [2.05, 4.69) is 36.6 Å². The van der Waals surface area contributed by atoms with Gasteiger partial charge in [-0.1, -0.05) is 35.0 Å². The standard InChI is InChI=1S/C5H9BrN4/c1-5(2,3-6)4-7-9-10-8-4/h3H2,1-2H3,(H,7,8,9,10). The summed E-state index contributed by atoms with van der Waals surface area (Å²) in [4.78, 5) is 0. The first-order valence-corrected chi connectivity index (χ1v) is 4.09. The molecule has 0 amide bonds. The van der Waals surface area contributed by atoms with Crippen LogP contribution in [-0.2, 0) is 5.41 Å². The van der Waals surface area contributed by atoms with Gasteiger partial charge < -0.3 is 0 Å². The van der Waals surface area contributed by atoms with E-state index in [9.17, 15) is 0 Å². The molecule has 10 heavy (non-hydrogen) atoms. The summed E-state index contributed by atoms with van der Waals surface area (Å²) in [6.45, 7) is 4.10. The summed E-state index contributed by atoms with van der Waals surface area (Å²) in [6, 6.07) is 0. The molecule has 1 heterocycles. The number of nitrogens with one attached hydrogen (secondary N) is 1. The summed E-state index contributed by atoms with van der Waals surface area (Å²) < 4.78 is 0. The Balaban J connectivity index is 2.85. The Morgan fingerprint density at radius 2 is 2.30 bits per heavy atom. The van der Waals surface area contributed by atoms with Gasteiger partial charge in [0.1, 0.15) is 0 Å². The van der Waals surface area contributed by atoms with Crippen molar-refractivity contribution in [1.29, 1.82) is 0 Å². The normalized spacial score (nSPS) is 11.9.